The summed E-state index contributed by atoms with van der Waals surface area (Å²) in [6.45, 7) is 3.23. The molecule has 30 heavy (non-hydrogen) atoms. The SMILES string of the molecule is CN(c1ccccc1)S(=O)(=O)CCCN1CCN(c2cccc(C(F)(F)F)c2)CC1. The Bertz CT molecular complexity index is 928. The lowest BCUT2D eigenvalue weighted by molar-refractivity contribution is -0.137. The Morgan fingerprint density at radius 2 is 1.63 bits per heavy atom. The van der Waals surface area contributed by atoms with E-state index in [1.807, 2.05) is 11.0 Å². The Balaban J connectivity index is 1.47. The maximum atomic E-state index is 12.9. The van der Waals surface area contributed by atoms with Crippen LogP contribution in [-0.4, -0.2) is 58.8 Å². The van der Waals surface area contributed by atoms with E-state index >= 15 is 0 Å². The Morgan fingerprint density at radius 1 is 0.967 bits per heavy atom. The maximum absolute atomic E-state index is 12.9. The summed E-state index contributed by atoms with van der Waals surface area (Å²) in [7, 11) is -1.84. The largest absolute Gasteiger partial charge is 0.416 e. The van der Waals surface area contributed by atoms with E-state index in [-0.39, 0.29) is 5.75 Å². The zero-order valence-corrected chi connectivity index (χ0v) is 17.7. The summed E-state index contributed by atoms with van der Waals surface area (Å²) in [5.41, 5.74) is 0.555. The molecule has 1 heterocycles. The predicted molar refractivity (Wildman–Crippen MR) is 113 cm³/mol. The van der Waals surface area contributed by atoms with Crippen molar-refractivity contribution in [2.75, 3.05) is 54.7 Å². The predicted octanol–water partition coefficient (Wildman–Crippen LogP) is 3.68. The van der Waals surface area contributed by atoms with Gasteiger partial charge in [0.1, 0.15) is 0 Å². The van der Waals surface area contributed by atoms with Crippen LogP contribution in [0.15, 0.2) is 54.6 Å². The van der Waals surface area contributed by atoms with Crippen LogP contribution in [0.3, 0.4) is 0 Å². The van der Waals surface area contributed by atoms with Gasteiger partial charge in [-0.15, -0.1) is 0 Å². The van der Waals surface area contributed by atoms with Crippen molar-refractivity contribution >= 4 is 21.4 Å². The molecule has 0 saturated carbocycles. The van der Waals surface area contributed by atoms with Crippen molar-refractivity contribution in [1.82, 2.24) is 4.90 Å². The van der Waals surface area contributed by atoms with Crippen LogP contribution < -0.4 is 9.21 Å². The van der Waals surface area contributed by atoms with Crippen molar-refractivity contribution < 1.29 is 21.6 Å². The van der Waals surface area contributed by atoms with Gasteiger partial charge in [-0.25, -0.2) is 8.42 Å². The molecular formula is C21H26F3N3O2S. The molecule has 9 heteroatoms. The number of nitrogens with zero attached hydrogens (tertiary/aromatic N) is 3. The van der Waals surface area contributed by atoms with E-state index in [0.717, 1.165) is 6.07 Å². The van der Waals surface area contributed by atoms with Crippen LogP contribution in [-0.2, 0) is 16.2 Å². The molecule has 0 aromatic heterocycles. The Morgan fingerprint density at radius 3 is 2.27 bits per heavy atom. The number of anilines is 2. The third-order valence-corrected chi connectivity index (χ3v) is 7.17. The van der Waals surface area contributed by atoms with Gasteiger partial charge in [-0.05, 0) is 43.3 Å². The highest BCUT2D eigenvalue weighted by Crippen LogP contribution is 2.31. The number of sulfonamides is 1. The summed E-state index contributed by atoms with van der Waals surface area (Å²) in [6, 6.07) is 14.3. The third kappa shape index (κ3) is 5.66. The van der Waals surface area contributed by atoms with Crippen LogP contribution >= 0.6 is 0 Å². The molecule has 0 bridgehead atoms. The Hall–Kier alpha value is -2.26. The number of piperazine rings is 1. The summed E-state index contributed by atoms with van der Waals surface area (Å²) >= 11 is 0. The van der Waals surface area contributed by atoms with Gasteiger partial charge in [0.15, 0.2) is 0 Å². The average molecular weight is 442 g/mol. The van der Waals surface area contributed by atoms with Crippen molar-refractivity contribution in [3.05, 3.63) is 60.2 Å². The molecule has 3 rings (SSSR count). The molecule has 0 spiro atoms. The second-order valence-corrected chi connectivity index (χ2v) is 9.47. The van der Waals surface area contributed by atoms with Crippen LogP contribution in [0.4, 0.5) is 24.5 Å². The number of benzene rings is 2. The molecule has 5 nitrogen and oxygen atoms in total. The van der Waals surface area contributed by atoms with Crippen LogP contribution in [0.1, 0.15) is 12.0 Å². The quantitative estimate of drug-likeness (QED) is 0.658. The monoisotopic (exact) mass is 441 g/mol. The average Bonchev–Trinajstić information content (AvgIpc) is 2.74. The third-order valence-electron chi connectivity index (χ3n) is 5.32. The standard InChI is InChI=1S/C21H26F3N3O2S/c1-25(19-8-3-2-4-9-19)30(28,29)16-6-11-26-12-14-27(15-13-26)20-10-5-7-18(17-20)21(22,23)24/h2-5,7-10,17H,6,11-16H2,1H3. The molecule has 0 unspecified atom stereocenters. The van der Waals surface area contributed by atoms with E-state index in [0.29, 0.717) is 50.5 Å². The van der Waals surface area contributed by atoms with Crippen molar-refractivity contribution in [3.63, 3.8) is 0 Å². The molecule has 1 aliphatic heterocycles. The summed E-state index contributed by atoms with van der Waals surface area (Å²) in [6.07, 6.45) is -3.85. The summed E-state index contributed by atoms with van der Waals surface area (Å²) < 4.78 is 65.1. The first-order chi connectivity index (χ1) is 14.2. The van der Waals surface area contributed by atoms with Gasteiger partial charge in [0.05, 0.1) is 17.0 Å². The Kier molecular flexibility index (Phi) is 6.92. The fourth-order valence-corrected chi connectivity index (χ4v) is 4.73. The fraction of sp³-hybridized carbons (Fsp3) is 0.429. The second-order valence-electron chi connectivity index (χ2n) is 7.35. The molecule has 0 radical (unpaired) electrons. The van der Waals surface area contributed by atoms with Gasteiger partial charge in [0, 0.05) is 38.9 Å². The number of alkyl halides is 3. The van der Waals surface area contributed by atoms with Crippen molar-refractivity contribution in [2.24, 2.45) is 0 Å². The first kappa shape index (κ1) is 22.4. The zero-order chi connectivity index (χ0) is 21.8. The summed E-state index contributed by atoms with van der Waals surface area (Å²) in [4.78, 5) is 4.09. The lowest BCUT2D eigenvalue weighted by Crippen LogP contribution is -2.47. The van der Waals surface area contributed by atoms with Crippen molar-refractivity contribution in [2.45, 2.75) is 12.6 Å². The molecule has 1 fully saturated rings. The highest BCUT2D eigenvalue weighted by Gasteiger charge is 2.31. The first-order valence-corrected chi connectivity index (χ1v) is 11.4. The smallest absolute Gasteiger partial charge is 0.369 e. The minimum absolute atomic E-state index is 0.0479. The number of hydrogen-bond acceptors (Lipinski definition) is 4. The molecule has 0 amide bonds. The van der Waals surface area contributed by atoms with Gasteiger partial charge in [0.2, 0.25) is 10.0 Å². The molecule has 1 saturated heterocycles. The van der Waals surface area contributed by atoms with E-state index in [9.17, 15) is 21.6 Å². The van der Waals surface area contributed by atoms with E-state index in [4.69, 9.17) is 0 Å². The van der Waals surface area contributed by atoms with Crippen LogP contribution in [0, 0.1) is 0 Å². The molecule has 2 aromatic carbocycles. The fourth-order valence-electron chi connectivity index (χ4n) is 3.51. The lowest BCUT2D eigenvalue weighted by Gasteiger charge is -2.36. The van der Waals surface area contributed by atoms with Crippen LogP contribution in [0.5, 0.6) is 0 Å². The van der Waals surface area contributed by atoms with Gasteiger partial charge in [-0.2, -0.15) is 13.2 Å². The highest BCUT2D eigenvalue weighted by atomic mass is 32.2. The highest BCUT2D eigenvalue weighted by molar-refractivity contribution is 7.92. The molecular weight excluding hydrogens is 415 g/mol. The van der Waals surface area contributed by atoms with E-state index in [1.165, 1.54) is 16.4 Å². The molecule has 1 aliphatic rings. The number of rotatable bonds is 7. The minimum atomic E-state index is -4.35. The minimum Gasteiger partial charge on any atom is -0.369 e. The zero-order valence-electron chi connectivity index (χ0n) is 16.8. The molecule has 0 atom stereocenters. The number of para-hydroxylation sites is 1. The first-order valence-electron chi connectivity index (χ1n) is 9.83. The topological polar surface area (TPSA) is 43.9 Å². The van der Waals surface area contributed by atoms with Gasteiger partial charge in [0.25, 0.3) is 0 Å². The summed E-state index contributed by atoms with van der Waals surface area (Å²) in [5.74, 6) is 0.0479. The van der Waals surface area contributed by atoms with Gasteiger partial charge in [-0.3, -0.25) is 9.21 Å². The molecule has 0 N–H and O–H groups in total. The molecule has 2 aromatic rings. The van der Waals surface area contributed by atoms with E-state index in [2.05, 4.69) is 4.90 Å². The van der Waals surface area contributed by atoms with Crippen LogP contribution in [0.25, 0.3) is 0 Å². The van der Waals surface area contributed by atoms with E-state index in [1.54, 1.807) is 37.4 Å². The molecule has 0 aliphatic carbocycles. The second kappa shape index (κ2) is 9.26. The van der Waals surface area contributed by atoms with Crippen molar-refractivity contribution in [1.29, 1.82) is 0 Å². The summed E-state index contributed by atoms with van der Waals surface area (Å²) in [5, 5.41) is 0. The van der Waals surface area contributed by atoms with Gasteiger partial charge < -0.3 is 4.90 Å². The van der Waals surface area contributed by atoms with E-state index < -0.39 is 21.8 Å². The van der Waals surface area contributed by atoms with Gasteiger partial charge >= 0.3 is 6.18 Å². The van der Waals surface area contributed by atoms with Crippen LogP contribution in [0.2, 0.25) is 0 Å². The van der Waals surface area contributed by atoms with Gasteiger partial charge in [-0.1, -0.05) is 24.3 Å². The number of halogens is 3. The number of hydrogen-bond donors (Lipinski definition) is 0. The normalized spacial score (nSPS) is 15.9. The lowest BCUT2D eigenvalue weighted by atomic mass is 10.1. The Labute approximate surface area is 175 Å². The maximum Gasteiger partial charge on any atom is 0.416 e. The van der Waals surface area contributed by atoms with Crippen molar-refractivity contribution in [3.8, 4) is 0 Å². The molecule has 164 valence electrons.